The third-order valence-corrected chi connectivity index (χ3v) is 3.52. The number of amides is 1. The number of carbonyl (C=O) groups is 1. The smallest absolute Gasteiger partial charge is 0.226 e. The largest absolute Gasteiger partial charge is 0.492 e. The predicted octanol–water partition coefficient (Wildman–Crippen LogP) is 1.32. The minimum absolute atomic E-state index is 0.0583. The van der Waals surface area contributed by atoms with Crippen LogP contribution < -0.4 is 10.1 Å². The van der Waals surface area contributed by atoms with Gasteiger partial charge >= 0.3 is 0 Å². The number of rotatable bonds is 4. The topological polar surface area (TPSA) is 67.0 Å². The number of nitrogens with zero attached hydrogens (tertiary/aromatic N) is 1. The highest BCUT2D eigenvalue weighted by Gasteiger charge is 2.25. The van der Waals surface area contributed by atoms with Gasteiger partial charge in [-0.1, -0.05) is 18.2 Å². The summed E-state index contributed by atoms with van der Waals surface area (Å²) in [7, 11) is 0. The first kappa shape index (κ1) is 12.7. The minimum atomic E-state index is -0.103. The van der Waals surface area contributed by atoms with E-state index < -0.39 is 0 Å². The number of aromatic amines is 1. The number of benzene rings is 1. The van der Waals surface area contributed by atoms with E-state index in [2.05, 4.69) is 15.5 Å². The van der Waals surface area contributed by atoms with Gasteiger partial charge in [0.2, 0.25) is 5.91 Å². The first-order chi connectivity index (χ1) is 9.83. The van der Waals surface area contributed by atoms with Crippen LogP contribution in [0.15, 0.2) is 36.7 Å². The van der Waals surface area contributed by atoms with Gasteiger partial charge in [-0.3, -0.25) is 9.89 Å². The van der Waals surface area contributed by atoms with Crippen molar-refractivity contribution in [2.75, 3.05) is 13.2 Å². The number of hydrogen-bond acceptors (Lipinski definition) is 3. The number of nitrogens with one attached hydrogen (secondary N) is 2. The molecule has 2 N–H and O–H groups in total. The maximum Gasteiger partial charge on any atom is 0.226 e. The summed E-state index contributed by atoms with van der Waals surface area (Å²) in [5.74, 6) is 0.854. The van der Waals surface area contributed by atoms with E-state index in [0.717, 1.165) is 29.7 Å². The highest BCUT2D eigenvalue weighted by atomic mass is 16.5. The van der Waals surface area contributed by atoms with E-state index in [-0.39, 0.29) is 11.8 Å². The lowest BCUT2D eigenvalue weighted by atomic mass is 9.96. The second-order valence-electron chi connectivity index (χ2n) is 4.97. The molecule has 1 aromatic heterocycles. The first-order valence-electron chi connectivity index (χ1n) is 6.79. The molecule has 1 unspecified atom stereocenters. The second-order valence-corrected chi connectivity index (χ2v) is 4.97. The third-order valence-electron chi connectivity index (χ3n) is 3.52. The van der Waals surface area contributed by atoms with Crippen LogP contribution in [0.2, 0.25) is 0 Å². The van der Waals surface area contributed by atoms with Crippen LogP contribution in [0.25, 0.3) is 0 Å². The van der Waals surface area contributed by atoms with Gasteiger partial charge in [-0.15, -0.1) is 0 Å². The Morgan fingerprint density at radius 3 is 3.20 bits per heavy atom. The Bertz CT molecular complexity index is 581. The first-order valence-corrected chi connectivity index (χ1v) is 6.79. The van der Waals surface area contributed by atoms with E-state index in [1.165, 1.54) is 0 Å². The molecule has 1 aliphatic heterocycles. The molecule has 0 saturated heterocycles. The van der Waals surface area contributed by atoms with Gasteiger partial charge in [-0.25, -0.2) is 0 Å². The summed E-state index contributed by atoms with van der Waals surface area (Å²) in [6, 6.07) is 7.88. The van der Waals surface area contributed by atoms with Gasteiger partial charge in [-0.2, -0.15) is 5.10 Å². The van der Waals surface area contributed by atoms with Gasteiger partial charge in [0.05, 0.1) is 12.1 Å². The van der Waals surface area contributed by atoms with Gasteiger partial charge in [0.15, 0.2) is 0 Å². The molecule has 0 fully saturated rings. The Kier molecular flexibility index (Phi) is 3.67. The van der Waals surface area contributed by atoms with E-state index in [9.17, 15) is 4.79 Å². The molecule has 0 bridgehead atoms. The van der Waals surface area contributed by atoms with Gasteiger partial charge in [0, 0.05) is 12.7 Å². The molecule has 2 heterocycles. The average molecular weight is 271 g/mol. The van der Waals surface area contributed by atoms with Gasteiger partial charge < -0.3 is 10.1 Å². The third kappa shape index (κ3) is 2.82. The van der Waals surface area contributed by atoms with Crippen molar-refractivity contribution in [3.05, 3.63) is 47.8 Å². The highest BCUT2D eigenvalue weighted by molar-refractivity contribution is 5.79. The Morgan fingerprint density at radius 2 is 2.35 bits per heavy atom. The van der Waals surface area contributed by atoms with Crippen molar-refractivity contribution < 1.29 is 9.53 Å². The van der Waals surface area contributed by atoms with Crippen molar-refractivity contribution in [1.29, 1.82) is 0 Å². The van der Waals surface area contributed by atoms with E-state index in [4.69, 9.17) is 4.74 Å². The van der Waals surface area contributed by atoms with Crippen LogP contribution >= 0.6 is 0 Å². The minimum Gasteiger partial charge on any atom is -0.492 e. The molecule has 3 rings (SSSR count). The summed E-state index contributed by atoms with van der Waals surface area (Å²) in [5.41, 5.74) is 2.20. The molecule has 5 nitrogen and oxygen atoms in total. The Labute approximate surface area is 117 Å². The molecule has 5 heteroatoms. The summed E-state index contributed by atoms with van der Waals surface area (Å²) < 4.78 is 5.63. The maximum absolute atomic E-state index is 12.1. The number of fused-ring (bicyclic) bond motifs is 1. The summed E-state index contributed by atoms with van der Waals surface area (Å²) in [5, 5.41) is 9.60. The summed E-state index contributed by atoms with van der Waals surface area (Å²) in [6.45, 7) is 1.07. The fourth-order valence-electron chi connectivity index (χ4n) is 2.39. The molecule has 0 spiro atoms. The van der Waals surface area contributed by atoms with Crippen LogP contribution in [0.1, 0.15) is 11.1 Å². The number of para-hydroxylation sites is 1. The summed E-state index contributed by atoms with van der Waals surface area (Å²) in [4.78, 5) is 12.1. The van der Waals surface area contributed by atoms with Crippen LogP contribution in [0.3, 0.4) is 0 Å². The Balaban J connectivity index is 1.51. The van der Waals surface area contributed by atoms with E-state index >= 15 is 0 Å². The van der Waals surface area contributed by atoms with E-state index in [1.807, 2.05) is 30.5 Å². The van der Waals surface area contributed by atoms with Crippen LogP contribution in [-0.4, -0.2) is 29.3 Å². The standard InChI is InChI=1S/C15H17N3O2/c19-15(16-6-5-11-8-17-18-9-11)13-7-12-3-1-2-4-14(12)20-10-13/h1-4,8-9,13H,5-7,10H2,(H,16,19)(H,17,18). The van der Waals surface area contributed by atoms with Crippen LogP contribution in [0.4, 0.5) is 0 Å². The monoisotopic (exact) mass is 271 g/mol. The molecule has 104 valence electrons. The average Bonchev–Trinajstić information content (AvgIpc) is 3.00. The molecule has 2 aromatic rings. The Hall–Kier alpha value is -2.30. The molecule has 20 heavy (non-hydrogen) atoms. The second kappa shape index (κ2) is 5.77. The normalized spacial score (nSPS) is 17.1. The fourth-order valence-corrected chi connectivity index (χ4v) is 2.39. The fraction of sp³-hybridized carbons (Fsp3) is 0.333. The van der Waals surface area contributed by atoms with E-state index in [0.29, 0.717) is 13.2 Å². The molecule has 0 aliphatic carbocycles. The number of carbonyl (C=O) groups excluding carboxylic acids is 1. The van der Waals surface area contributed by atoms with Crippen LogP contribution in [0, 0.1) is 5.92 Å². The lowest BCUT2D eigenvalue weighted by Gasteiger charge is -2.24. The predicted molar refractivity (Wildman–Crippen MR) is 74.4 cm³/mol. The number of H-pyrrole nitrogens is 1. The summed E-state index contributed by atoms with van der Waals surface area (Å²) >= 11 is 0. The van der Waals surface area contributed by atoms with Crippen molar-refractivity contribution in [2.45, 2.75) is 12.8 Å². The van der Waals surface area contributed by atoms with Crippen LogP contribution in [-0.2, 0) is 17.6 Å². The van der Waals surface area contributed by atoms with Crippen molar-refractivity contribution in [3.8, 4) is 5.75 Å². The van der Waals surface area contributed by atoms with Crippen molar-refractivity contribution in [3.63, 3.8) is 0 Å². The number of ether oxygens (including phenoxy) is 1. The lowest BCUT2D eigenvalue weighted by Crippen LogP contribution is -2.38. The maximum atomic E-state index is 12.1. The Morgan fingerprint density at radius 1 is 1.45 bits per heavy atom. The van der Waals surface area contributed by atoms with Crippen LogP contribution in [0.5, 0.6) is 5.75 Å². The quantitative estimate of drug-likeness (QED) is 0.881. The molecule has 1 atom stereocenters. The SMILES string of the molecule is O=C(NCCc1cn[nH]c1)C1COc2ccccc2C1. The molecule has 1 amide bonds. The summed E-state index contributed by atoms with van der Waals surface area (Å²) in [6.07, 6.45) is 5.14. The molecular weight excluding hydrogens is 254 g/mol. The molecule has 1 aliphatic rings. The van der Waals surface area contributed by atoms with Gasteiger partial charge in [-0.05, 0) is 30.0 Å². The van der Waals surface area contributed by atoms with Crippen molar-refractivity contribution in [1.82, 2.24) is 15.5 Å². The molecule has 0 radical (unpaired) electrons. The lowest BCUT2D eigenvalue weighted by molar-refractivity contribution is -0.126. The zero-order chi connectivity index (χ0) is 13.8. The number of aromatic nitrogens is 2. The van der Waals surface area contributed by atoms with Gasteiger partial charge in [0.1, 0.15) is 12.4 Å². The van der Waals surface area contributed by atoms with Gasteiger partial charge in [0.25, 0.3) is 0 Å². The van der Waals surface area contributed by atoms with Crippen molar-refractivity contribution >= 4 is 5.91 Å². The van der Waals surface area contributed by atoms with E-state index in [1.54, 1.807) is 6.20 Å². The highest BCUT2D eigenvalue weighted by Crippen LogP contribution is 2.26. The zero-order valence-electron chi connectivity index (χ0n) is 11.1. The molecule has 1 aromatic carbocycles. The van der Waals surface area contributed by atoms with Crippen molar-refractivity contribution in [2.24, 2.45) is 5.92 Å². The molecular formula is C15H17N3O2. The number of hydrogen-bond donors (Lipinski definition) is 2. The molecule has 0 saturated carbocycles. The zero-order valence-corrected chi connectivity index (χ0v) is 11.1.